The monoisotopic (exact) mass is 918 g/mol. The van der Waals surface area contributed by atoms with Gasteiger partial charge in [0, 0.05) is 48.7 Å². The van der Waals surface area contributed by atoms with Crippen LogP contribution >= 0.6 is 0 Å². The molecule has 2 aromatic carbocycles. The Balaban J connectivity index is 1.59. The van der Waals surface area contributed by atoms with Gasteiger partial charge in [0.15, 0.2) is 55.5 Å². The van der Waals surface area contributed by atoms with E-state index in [9.17, 15) is 28.8 Å². The number of hydrogen-bond donors (Lipinski definition) is 0. The van der Waals surface area contributed by atoms with Crippen molar-refractivity contribution in [1.82, 2.24) is 0 Å². The average Bonchev–Trinajstić information content (AvgIpc) is 3.24. The van der Waals surface area contributed by atoms with Crippen molar-refractivity contribution in [3.63, 3.8) is 0 Å². The molecule has 358 valence electrons. The third-order valence-electron chi connectivity index (χ3n) is 10.4. The van der Waals surface area contributed by atoms with Crippen molar-refractivity contribution >= 4 is 35.8 Å². The lowest BCUT2D eigenvalue weighted by molar-refractivity contribution is -0.370. The molecule has 0 amide bonds. The van der Waals surface area contributed by atoms with Crippen molar-refractivity contribution in [3.8, 4) is 0 Å². The lowest BCUT2D eigenvalue weighted by Gasteiger charge is -2.49. The highest BCUT2D eigenvalue weighted by Gasteiger charge is 2.57. The molecule has 0 bridgehead atoms. The van der Waals surface area contributed by atoms with Gasteiger partial charge in [-0.1, -0.05) is 60.7 Å². The normalized spacial score (nSPS) is 32.3. The Morgan fingerprint density at radius 3 is 1.25 bits per heavy atom. The minimum absolute atomic E-state index is 0.0137. The summed E-state index contributed by atoms with van der Waals surface area (Å²) < 4.78 is 84.8. The molecule has 0 aliphatic carbocycles. The summed E-state index contributed by atoms with van der Waals surface area (Å²) in [6, 6.07) is 18.5. The van der Waals surface area contributed by atoms with E-state index in [-0.39, 0.29) is 13.2 Å². The molecule has 0 aromatic heterocycles. The van der Waals surface area contributed by atoms with Crippen molar-refractivity contribution < 1.29 is 95.1 Å². The fraction of sp³-hybridized carbons (Fsp3) is 0.600. The van der Waals surface area contributed by atoms with Gasteiger partial charge in [0.05, 0.1) is 32.0 Å². The van der Waals surface area contributed by atoms with Gasteiger partial charge in [0.25, 0.3) is 0 Å². The predicted molar refractivity (Wildman–Crippen MR) is 219 cm³/mol. The molecular weight excluding hydrogens is 860 g/mol. The molecule has 0 unspecified atom stereocenters. The van der Waals surface area contributed by atoms with E-state index >= 15 is 0 Å². The maximum Gasteiger partial charge on any atom is 0.303 e. The van der Waals surface area contributed by atoms with Crippen molar-refractivity contribution in [1.29, 1.82) is 0 Å². The number of rotatable bonds is 18. The minimum Gasteiger partial charge on any atom is -0.456 e. The summed E-state index contributed by atoms with van der Waals surface area (Å²) in [5, 5.41) is 0. The molecule has 0 spiro atoms. The summed E-state index contributed by atoms with van der Waals surface area (Å²) in [5.74, 6) is -4.58. The first kappa shape index (κ1) is 50.9. The fourth-order valence-electron chi connectivity index (χ4n) is 7.79. The Morgan fingerprint density at radius 2 is 0.815 bits per heavy atom. The second kappa shape index (κ2) is 23.9. The fourth-order valence-corrected chi connectivity index (χ4v) is 7.79. The lowest BCUT2D eigenvalue weighted by Crippen LogP contribution is -2.66. The van der Waals surface area contributed by atoms with Gasteiger partial charge in [-0.2, -0.15) is 0 Å². The summed E-state index contributed by atoms with van der Waals surface area (Å²) >= 11 is 0. The molecule has 15 atom stereocenters. The summed E-state index contributed by atoms with van der Waals surface area (Å²) in [5.41, 5.74) is 1.58. The SMILES string of the molecule is CO[C@H]1O[C@H](CO[C@@H]2O[C@@H](C)[C@H](OC(C)=O)[C@@H](OC(C)=O)[C@H]2OC(C)=O)[C@@H](O[C@@H]2O[C@@H](C)[C@H](OC(C)=O)[C@@H](OC(C)=O)[C@H]2OC(C)=O)[C@H](OCc2ccccc2)[C@H]1OCc1ccccc1. The molecule has 3 saturated heterocycles. The van der Waals surface area contributed by atoms with Gasteiger partial charge < -0.3 is 66.3 Å². The number of ether oxygens (including phenoxy) is 14. The van der Waals surface area contributed by atoms with Gasteiger partial charge in [-0.05, 0) is 25.0 Å². The van der Waals surface area contributed by atoms with Gasteiger partial charge in [0.2, 0.25) is 0 Å². The number of benzene rings is 2. The number of carbonyl (C=O) groups excluding carboxylic acids is 6. The van der Waals surface area contributed by atoms with Gasteiger partial charge in [0.1, 0.15) is 24.4 Å². The molecule has 0 saturated carbocycles. The van der Waals surface area contributed by atoms with Crippen LogP contribution < -0.4 is 0 Å². The van der Waals surface area contributed by atoms with Crippen LogP contribution in [-0.2, 0) is 108 Å². The van der Waals surface area contributed by atoms with E-state index < -0.39 is 135 Å². The second-order valence-electron chi connectivity index (χ2n) is 15.6. The largest absolute Gasteiger partial charge is 0.456 e. The van der Waals surface area contributed by atoms with Crippen molar-refractivity contribution in [2.24, 2.45) is 0 Å². The lowest BCUT2D eigenvalue weighted by atomic mass is 9.96. The van der Waals surface area contributed by atoms with E-state index in [1.807, 2.05) is 60.7 Å². The van der Waals surface area contributed by atoms with E-state index in [2.05, 4.69) is 0 Å². The standard InChI is InChI=1S/C45H58O20/c1-23-34(58-25(3)46)38(60-27(5)48)41(62-29(7)50)44(56-23)55-22-33-36(65-45-42(63-30(8)51)39(61-28(6)49)35(24(2)57-45)59-26(4)47)37(53-20-31-16-12-10-13-17-31)40(43(52-9)64-33)54-21-32-18-14-11-15-19-32/h10-19,23-24,33-45H,20-22H2,1-9H3/t23-,24-,33+,34-,35-,36+,37-,38+,39+,40+,41+,42+,43-,44+,45-/m0/s1. The van der Waals surface area contributed by atoms with Crippen LogP contribution in [0.1, 0.15) is 66.5 Å². The summed E-state index contributed by atoms with van der Waals surface area (Å²) in [6.45, 7) is 9.59. The Bertz CT molecular complexity index is 1900. The van der Waals surface area contributed by atoms with Crippen LogP contribution in [0.15, 0.2) is 60.7 Å². The van der Waals surface area contributed by atoms with Crippen molar-refractivity contribution in [2.75, 3.05) is 13.7 Å². The second-order valence-corrected chi connectivity index (χ2v) is 15.6. The number of methoxy groups -OCH3 is 1. The van der Waals surface area contributed by atoms with Crippen LogP contribution in [0, 0.1) is 0 Å². The zero-order chi connectivity index (χ0) is 47.4. The highest BCUT2D eigenvalue weighted by Crippen LogP contribution is 2.37. The molecule has 3 aliphatic heterocycles. The van der Waals surface area contributed by atoms with E-state index in [0.29, 0.717) is 0 Å². The number of esters is 6. The van der Waals surface area contributed by atoms with Crippen LogP contribution in [0.5, 0.6) is 0 Å². The van der Waals surface area contributed by atoms with Gasteiger partial charge in [-0.3, -0.25) is 28.8 Å². The number of hydrogen-bond acceptors (Lipinski definition) is 20. The molecule has 20 heteroatoms. The maximum atomic E-state index is 12.7. The van der Waals surface area contributed by atoms with Gasteiger partial charge in [-0.25, -0.2) is 0 Å². The molecule has 5 rings (SSSR count). The maximum absolute atomic E-state index is 12.7. The summed E-state index contributed by atoms with van der Waals surface area (Å²) in [7, 11) is 1.40. The molecule has 3 aliphatic rings. The molecule has 2 aromatic rings. The van der Waals surface area contributed by atoms with E-state index in [1.54, 1.807) is 13.8 Å². The van der Waals surface area contributed by atoms with Crippen LogP contribution in [-0.4, -0.2) is 142 Å². The highest BCUT2D eigenvalue weighted by atomic mass is 16.8. The Labute approximate surface area is 376 Å². The molecule has 0 radical (unpaired) electrons. The molecule has 3 heterocycles. The first-order chi connectivity index (χ1) is 30.9. The first-order valence-electron chi connectivity index (χ1n) is 21.1. The predicted octanol–water partition coefficient (Wildman–Crippen LogP) is 3.01. The van der Waals surface area contributed by atoms with Crippen molar-refractivity contribution in [2.45, 2.75) is 161 Å². The van der Waals surface area contributed by atoms with Gasteiger partial charge in [-0.15, -0.1) is 0 Å². The average molecular weight is 919 g/mol. The van der Waals surface area contributed by atoms with Crippen molar-refractivity contribution in [3.05, 3.63) is 71.8 Å². The summed E-state index contributed by atoms with van der Waals surface area (Å²) in [4.78, 5) is 74.6. The Kier molecular flexibility index (Phi) is 18.7. The number of carbonyl (C=O) groups is 6. The molecular formula is C45H58O20. The Hall–Kier alpha value is -5.06. The topological polar surface area (TPSA) is 232 Å². The highest BCUT2D eigenvalue weighted by molar-refractivity contribution is 5.69. The smallest absolute Gasteiger partial charge is 0.303 e. The summed E-state index contributed by atoms with van der Waals surface area (Å²) in [6.07, 6.45) is -19.1. The third-order valence-corrected chi connectivity index (χ3v) is 10.4. The van der Waals surface area contributed by atoms with Gasteiger partial charge >= 0.3 is 35.8 Å². The van der Waals surface area contributed by atoms with Crippen LogP contribution in [0.3, 0.4) is 0 Å². The Morgan fingerprint density at radius 1 is 0.431 bits per heavy atom. The molecule has 65 heavy (non-hydrogen) atoms. The first-order valence-corrected chi connectivity index (χ1v) is 21.1. The molecule has 0 N–H and O–H groups in total. The zero-order valence-corrected chi connectivity index (χ0v) is 37.7. The minimum atomic E-state index is -1.56. The van der Waals surface area contributed by atoms with Crippen LogP contribution in [0.4, 0.5) is 0 Å². The third kappa shape index (κ3) is 14.2. The van der Waals surface area contributed by atoms with Crippen LogP contribution in [0.25, 0.3) is 0 Å². The molecule has 20 nitrogen and oxygen atoms in total. The van der Waals surface area contributed by atoms with E-state index in [0.717, 1.165) is 52.7 Å². The van der Waals surface area contributed by atoms with E-state index in [4.69, 9.17) is 66.3 Å². The van der Waals surface area contributed by atoms with Crippen LogP contribution in [0.2, 0.25) is 0 Å². The quantitative estimate of drug-likeness (QED) is 0.154. The van der Waals surface area contributed by atoms with E-state index in [1.165, 1.54) is 7.11 Å². The molecule has 3 fully saturated rings. The zero-order valence-electron chi connectivity index (χ0n) is 37.7.